The van der Waals surface area contributed by atoms with E-state index in [1.807, 2.05) is 68.6 Å². The Hall–Kier alpha value is -3.22. The topological polar surface area (TPSA) is 75.2 Å². The number of nitrogens with zero attached hydrogens (tertiary/aromatic N) is 2. The van der Waals surface area contributed by atoms with E-state index in [9.17, 15) is 4.79 Å². The van der Waals surface area contributed by atoms with Gasteiger partial charge in [0.05, 0.1) is 13.1 Å². The number of para-hydroxylation sites is 1. The number of rotatable bonds is 11. The molecule has 1 amide bonds. The van der Waals surface area contributed by atoms with Crippen molar-refractivity contribution in [3.8, 4) is 11.5 Å². The highest BCUT2D eigenvalue weighted by Gasteiger charge is 2.23. The van der Waals surface area contributed by atoms with E-state index >= 15 is 0 Å². The van der Waals surface area contributed by atoms with Gasteiger partial charge in [0.1, 0.15) is 18.1 Å². The van der Waals surface area contributed by atoms with Gasteiger partial charge >= 0.3 is 0 Å². The standard InChI is InChI=1S/C24H32N4O3/c1-3-25-24(28(2)14-15-30-21-9-5-4-6-10-21)26-17-19-8-7-11-22(16-19)31-18-23(29)27-20-12-13-20/h4-11,16,20H,3,12-15,17-18H2,1-2H3,(H,25,26)(H,27,29). The predicted octanol–water partition coefficient (Wildman–Crippen LogP) is 2.82. The van der Waals surface area contributed by atoms with Crippen LogP contribution in [0.2, 0.25) is 0 Å². The number of carbonyl (C=O) groups excluding carboxylic acids is 1. The first kappa shape index (κ1) is 22.5. The number of benzene rings is 2. The third kappa shape index (κ3) is 8.20. The van der Waals surface area contributed by atoms with E-state index in [4.69, 9.17) is 14.5 Å². The first-order valence-corrected chi connectivity index (χ1v) is 10.8. The minimum atomic E-state index is -0.0697. The fourth-order valence-corrected chi connectivity index (χ4v) is 2.94. The molecule has 0 atom stereocenters. The molecule has 2 aromatic carbocycles. The highest BCUT2D eigenvalue weighted by atomic mass is 16.5. The molecular formula is C24H32N4O3. The summed E-state index contributed by atoms with van der Waals surface area (Å²) in [7, 11) is 1.99. The summed E-state index contributed by atoms with van der Waals surface area (Å²) in [5, 5.41) is 6.24. The zero-order chi connectivity index (χ0) is 21.9. The van der Waals surface area contributed by atoms with Crippen molar-refractivity contribution in [1.82, 2.24) is 15.5 Å². The van der Waals surface area contributed by atoms with Crippen molar-refractivity contribution in [2.45, 2.75) is 32.4 Å². The van der Waals surface area contributed by atoms with Crippen molar-refractivity contribution >= 4 is 11.9 Å². The van der Waals surface area contributed by atoms with Gasteiger partial charge < -0.3 is 25.0 Å². The molecule has 0 saturated heterocycles. The molecule has 0 heterocycles. The molecule has 1 fully saturated rings. The van der Waals surface area contributed by atoms with Crippen LogP contribution in [0.3, 0.4) is 0 Å². The minimum absolute atomic E-state index is 0.0377. The molecule has 0 radical (unpaired) electrons. The van der Waals surface area contributed by atoms with E-state index in [2.05, 4.69) is 15.5 Å². The predicted molar refractivity (Wildman–Crippen MR) is 122 cm³/mol. The van der Waals surface area contributed by atoms with Crippen LogP contribution < -0.4 is 20.1 Å². The number of hydrogen-bond acceptors (Lipinski definition) is 4. The van der Waals surface area contributed by atoms with Gasteiger partial charge in [0.2, 0.25) is 0 Å². The Morgan fingerprint density at radius 2 is 1.87 bits per heavy atom. The lowest BCUT2D eigenvalue weighted by molar-refractivity contribution is -0.123. The highest BCUT2D eigenvalue weighted by molar-refractivity contribution is 5.79. The number of ether oxygens (including phenoxy) is 2. The molecule has 2 aromatic rings. The van der Waals surface area contributed by atoms with E-state index in [1.165, 1.54) is 0 Å². The fraction of sp³-hybridized carbons (Fsp3) is 0.417. The monoisotopic (exact) mass is 424 g/mol. The second-order valence-corrected chi connectivity index (χ2v) is 7.53. The normalized spacial score (nSPS) is 13.4. The first-order chi connectivity index (χ1) is 15.1. The molecule has 0 aliphatic heterocycles. The Bertz CT molecular complexity index is 853. The summed E-state index contributed by atoms with van der Waals surface area (Å²) in [4.78, 5) is 18.6. The summed E-state index contributed by atoms with van der Waals surface area (Å²) in [6.07, 6.45) is 2.14. The number of amides is 1. The number of nitrogens with one attached hydrogen (secondary N) is 2. The summed E-state index contributed by atoms with van der Waals surface area (Å²) in [5.74, 6) is 2.28. The second kappa shape index (κ2) is 11.8. The van der Waals surface area contributed by atoms with Crippen molar-refractivity contribution in [3.05, 3.63) is 60.2 Å². The molecule has 1 saturated carbocycles. The van der Waals surface area contributed by atoms with Gasteiger partial charge in [0.15, 0.2) is 12.6 Å². The van der Waals surface area contributed by atoms with Crippen molar-refractivity contribution in [1.29, 1.82) is 0 Å². The van der Waals surface area contributed by atoms with E-state index in [0.29, 0.717) is 31.5 Å². The van der Waals surface area contributed by atoms with Gasteiger partial charge in [-0.25, -0.2) is 4.99 Å². The van der Waals surface area contributed by atoms with Crippen LogP contribution in [-0.2, 0) is 11.3 Å². The Morgan fingerprint density at radius 3 is 2.61 bits per heavy atom. The molecule has 31 heavy (non-hydrogen) atoms. The average Bonchev–Trinajstić information content (AvgIpc) is 3.60. The molecule has 1 aliphatic carbocycles. The number of guanidine groups is 1. The number of hydrogen-bond donors (Lipinski definition) is 2. The van der Waals surface area contributed by atoms with E-state index in [-0.39, 0.29) is 12.5 Å². The molecule has 166 valence electrons. The smallest absolute Gasteiger partial charge is 0.258 e. The van der Waals surface area contributed by atoms with Crippen LogP contribution >= 0.6 is 0 Å². The molecular weight excluding hydrogens is 392 g/mol. The van der Waals surface area contributed by atoms with Crippen LogP contribution in [0.25, 0.3) is 0 Å². The molecule has 0 unspecified atom stereocenters. The van der Waals surface area contributed by atoms with Crippen LogP contribution in [0, 0.1) is 0 Å². The van der Waals surface area contributed by atoms with E-state index < -0.39 is 0 Å². The first-order valence-electron chi connectivity index (χ1n) is 10.8. The molecule has 3 rings (SSSR count). The van der Waals surface area contributed by atoms with Crippen LogP contribution in [0.5, 0.6) is 11.5 Å². The lowest BCUT2D eigenvalue weighted by Gasteiger charge is -2.22. The quantitative estimate of drug-likeness (QED) is 0.429. The minimum Gasteiger partial charge on any atom is -0.492 e. The summed E-state index contributed by atoms with van der Waals surface area (Å²) in [6, 6.07) is 17.8. The SMILES string of the molecule is CCNC(=NCc1cccc(OCC(=O)NC2CC2)c1)N(C)CCOc1ccccc1. The maximum atomic E-state index is 11.8. The van der Waals surface area contributed by atoms with Crippen molar-refractivity contribution < 1.29 is 14.3 Å². The van der Waals surface area contributed by atoms with Gasteiger partial charge in [0.25, 0.3) is 5.91 Å². The summed E-state index contributed by atoms with van der Waals surface area (Å²) in [5.41, 5.74) is 1.02. The second-order valence-electron chi connectivity index (χ2n) is 7.53. The van der Waals surface area contributed by atoms with Gasteiger partial charge in [0, 0.05) is 19.6 Å². The summed E-state index contributed by atoms with van der Waals surface area (Å²) in [6.45, 7) is 4.65. The number of carbonyl (C=O) groups is 1. The molecule has 7 nitrogen and oxygen atoms in total. The highest BCUT2D eigenvalue weighted by Crippen LogP contribution is 2.19. The van der Waals surface area contributed by atoms with Gasteiger partial charge in [-0.2, -0.15) is 0 Å². The zero-order valence-corrected chi connectivity index (χ0v) is 18.3. The summed E-state index contributed by atoms with van der Waals surface area (Å²) < 4.78 is 11.4. The van der Waals surface area contributed by atoms with Crippen LogP contribution in [0.4, 0.5) is 0 Å². The Kier molecular flexibility index (Phi) is 8.58. The molecule has 2 N–H and O–H groups in total. The van der Waals surface area contributed by atoms with Crippen molar-refractivity contribution in [2.75, 3.05) is 33.4 Å². The van der Waals surface area contributed by atoms with E-state index in [1.54, 1.807) is 0 Å². The number of likely N-dealkylation sites (N-methyl/N-ethyl adjacent to an activating group) is 1. The largest absolute Gasteiger partial charge is 0.492 e. The van der Waals surface area contributed by atoms with Crippen molar-refractivity contribution in [2.24, 2.45) is 4.99 Å². The third-order valence-electron chi connectivity index (χ3n) is 4.76. The van der Waals surface area contributed by atoms with E-state index in [0.717, 1.165) is 36.7 Å². The Labute approximate surface area is 184 Å². The Morgan fingerprint density at radius 1 is 1.10 bits per heavy atom. The average molecular weight is 425 g/mol. The Balaban J connectivity index is 1.49. The van der Waals surface area contributed by atoms with Crippen molar-refractivity contribution in [3.63, 3.8) is 0 Å². The lowest BCUT2D eigenvalue weighted by Crippen LogP contribution is -2.40. The molecule has 7 heteroatoms. The maximum Gasteiger partial charge on any atom is 0.258 e. The van der Waals surface area contributed by atoms with Crippen LogP contribution in [0.15, 0.2) is 59.6 Å². The lowest BCUT2D eigenvalue weighted by atomic mass is 10.2. The van der Waals surface area contributed by atoms with Crippen LogP contribution in [-0.4, -0.2) is 56.2 Å². The van der Waals surface area contributed by atoms with Gasteiger partial charge in [-0.1, -0.05) is 30.3 Å². The third-order valence-corrected chi connectivity index (χ3v) is 4.76. The van der Waals surface area contributed by atoms with Gasteiger partial charge in [-0.15, -0.1) is 0 Å². The molecule has 0 spiro atoms. The van der Waals surface area contributed by atoms with Gasteiger partial charge in [-0.3, -0.25) is 4.79 Å². The summed E-state index contributed by atoms with van der Waals surface area (Å²) >= 11 is 0. The number of aliphatic imine (C=N–C) groups is 1. The zero-order valence-electron chi connectivity index (χ0n) is 18.3. The molecule has 1 aliphatic rings. The fourth-order valence-electron chi connectivity index (χ4n) is 2.94. The van der Waals surface area contributed by atoms with Crippen LogP contribution in [0.1, 0.15) is 25.3 Å². The molecule has 0 bridgehead atoms. The van der Waals surface area contributed by atoms with Gasteiger partial charge in [-0.05, 0) is 49.6 Å². The maximum absolute atomic E-state index is 11.8. The molecule has 0 aromatic heterocycles.